The molecule has 6 rings (SSSR count). The molecule has 204 valence electrons. The summed E-state index contributed by atoms with van der Waals surface area (Å²) in [5.41, 5.74) is 4.19. The lowest BCUT2D eigenvalue weighted by Gasteiger charge is -2.30. The summed E-state index contributed by atoms with van der Waals surface area (Å²) in [5.74, 6) is 1.67. The number of aliphatic hydroxyl groups is 1. The van der Waals surface area contributed by atoms with Gasteiger partial charge in [0.15, 0.2) is 0 Å². The molecule has 3 N–H and O–H groups in total. The molecule has 0 amide bonds. The van der Waals surface area contributed by atoms with Crippen LogP contribution in [0, 0.1) is 11.2 Å². The Morgan fingerprint density at radius 2 is 1.80 bits per heavy atom. The molecule has 2 aliphatic heterocycles. The first-order chi connectivity index (χ1) is 19.5. The highest BCUT2D eigenvalue weighted by molar-refractivity contribution is 5.94. The summed E-state index contributed by atoms with van der Waals surface area (Å²) in [7, 11) is 0. The van der Waals surface area contributed by atoms with Gasteiger partial charge in [0, 0.05) is 31.4 Å². The van der Waals surface area contributed by atoms with Crippen molar-refractivity contribution in [3.63, 3.8) is 0 Å². The third-order valence-electron chi connectivity index (χ3n) is 7.65. The molecular formula is C31H32FN7O. The van der Waals surface area contributed by atoms with Gasteiger partial charge in [-0.1, -0.05) is 18.2 Å². The summed E-state index contributed by atoms with van der Waals surface area (Å²) in [6.07, 6.45) is 10.3. The molecule has 4 aromatic rings. The maximum atomic E-state index is 13.8. The number of hydrogen-bond donors (Lipinski definition) is 3. The van der Waals surface area contributed by atoms with Crippen molar-refractivity contribution in [3.05, 3.63) is 90.3 Å². The lowest BCUT2D eigenvalue weighted by Crippen LogP contribution is -2.36. The highest BCUT2D eigenvalue weighted by Crippen LogP contribution is 2.32. The first-order valence-corrected chi connectivity index (χ1v) is 13.7. The van der Waals surface area contributed by atoms with Gasteiger partial charge in [-0.3, -0.25) is 5.41 Å². The number of piperidine rings is 1. The Bertz CT molecular complexity index is 1510. The summed E-state index contributed by atoms with van der Waals surface area (Å²) >= 11 is 0. The number of aromatic amines is 1. The monoisotopic (exact) mass is 537 g/mol. The summed E-state index contributed by atoms with van der Waals surface area (Å²) in [6.45, 7) is 2.38. The van der Waals surface area contributed by atoms with Crippen molar-refractivity contribution in [1.29, 1.82) is 5.41 Å². The third-order valence-corrected chi connectivity index (χ3v) is 7.65. The lowest BCUT2D eigenvalue weighted by atomic mass is 10.0. The predicted molar refractivity (Wildman–Crippen MR) is 154 cm³/mol. The average Bonchev–Trinajstić information content (AvgIpc) is 3.67. The fourth-order valence-corrected chi connectivity index (χ4v) is 5.49. The number of aliphatic hydroxyl groups excluding tert-OH is 1. The van der Waals surface area contributed by atoms with E-state index in [1.54, 1.807) is 30.5 Å². The second-order valence-corrected chi connectivity index (χ2v) is 10.3. The topological polar surface area (TPSA) is 105 Å². The Morgan fingerprint density at radius 1 is 0.975 bits per heavy atom. The normalized spacial score (nSPS) is 18.1. The molecule has 9 heteroatoms. The minimum atomic E-state index is -0.250. The molecule has 2 aliphatic rings. The number of hydrogen-bond acceptors (Lipinski definition) is 6. The van der Waals surface area contributed by atoms with Crippen molar-refractivity contribution in [2.45, 2.75) is 37.8 Å². The van der Waals surface area contributed by atoms with Crippen LogP contribution in [-0.2, 0) is 0 Å². The number of rotatable bonds is 6. The Hall–Kier alpha value is -4.37. The molecule has 2 fully saturated rings. The van der Waals surface area contributed by atoms with E-state index < -0.39 is 0 Å². The van der Waals surface area contributed by atoms with Gasteiger partial charge < -0.3 is 19.9 Å². The van der Waals surface area contributed by atoms with Crippen molar-refractivity contribution >= 4 is 17.7 Å². The van der Waals surface area contributed by atoms with Crippen LogP contribution in [0.4, 0.5) is 10.2 Å². The van der Waals surface area contributed by atoms with E-state index in [4.69, 9.17) is 10.4 Å². The molecule has 0 aliphatic carbocycles. The predicted octanol–water partition coefficient (Wildman–Crippen LogP) is 5.46. The van der Waals surface area contributed by atoms with Crippen LogP contribution in [0.1, 0.15) is 43.1 Å². The standard InChI is InChI=1S/C31H32FN7O/c32-23-5-1-4-21(18-23)28-8-3-15-39(28)29(33)10-11-30-34-20-27(37-30)26-7-2-6-25(36-26)22-9-12-31(35-19-22)38-16-13-24(40)14-17-38/h1-2,4-7,9-12,18-20,24,28,33,40H,3,8,13-17H2,(H,34,37)/b11-10-,33-29?. The summed E-state index contributed by atoms with van der Waals surface area (Å²) in [5, 5.41) is 18.4. The average molecular weight is 538 g/mol. The molecule has 5 heterocycles. The molecule has 40 heavy (non-hydrogen) atoms. The molecule has 1 atom stereocenters. The number of pyridine rings is 2. The van der Waals surface area contributed by atoms with Crippen LogP contribution in [0.15, 0.2) is 73.1 Å². The molecule has 0 bridgehead atoms. The van der Waals surface area contributed by atoms with Crippen LogP contribution >= 0.6 is 0 Å². The van der Waals surface area contributed by atoms with Gasteiger partial charge in [-0.05, 0) is 79.8 Å². The van der Waals surface area contributed by atoms with E-state index in [0.717, 1.165) is 79.3 Å². The van der Waals surface area contributed by atoms with Crippen LogP contribution < -0.4 is 4.90 Å². The van der Waals surface area contributed by atoms with E-state index in [-0.39, 0.29) is 18.0 Å². The quantitative estimate of drug-likeness (QED) is 0.223. The van der Waals surface area contributed by atoms with Gasteiger partial charge >= 0.3 is 0 Å². The number of H-pyrrole nitrogens is 1. The minimum Gasteiger partial charge on any atom is -0.393 e. The molecule has 1 aromatic carbocycles. The number of benzene rings is 1. The second-order valence-electron chi connectivity index (χ2n) is 10.3. The number of likely N-dealkylation sites (tertiary alicyclic amines) is 1. The fourth-order valence-electron chi connectivity index (χ4n) is 5.49. The first-order valence-electron chi connectivity index (χ1n) is 13.7. The van der Waals surface area contributed by atoms with Crippen LogP contribution in [-0.4, -0.2) is 61.5 Å². The SMILES string of the molecule is N=C(/C=C\c1ncc(-c2cccc(-c3ccc(N4CCC(O)CC4)nc3)n2)[nH]1)N1CCCC1c1cccc(F)c1. The van der Waals surface area contributed by atoms with Gasteiger partial charge in [0.1, 0.15) is 23.3 Å². The van der Waals surface area contributed by atoms with E-state index in [1.165, 1.54) is 6.07 Å². The minimum absolute atomic E-state index is 0.00302. The Labute approximate surface area is 232 Å². The molecule has 8 nitrogen and oxygen atoms in total. The van der Waals surface area contributed by atoms with Crippen molar-refractivity contribution in [2.24, 2.45) is 0 Å². The highest BCUT2D eigenvalue weighted by Gasteiger charge is 2.27. The molecule has 0 saturated carbocycles. The summed E-state index contributed by atoms with van der Waals surface area (Å²) in [4.78, 5) is 21.4. The van der Waals surface area contributed by atoms with E-state index in [0.29, 0.717) is 11.7 Å². The molecular weight excluding hydrogens is 505 g/mol. The number of nitrogens with one attached hydrogen (secondary N) is 2. The zero-order chi connectivity index (χ0) is 27.5. The zero-order valence-corrected chi connectivity index (χ0v) is 22.2. The smallest absolute Gasteiger partial charge is 0.130 e. The van der Waals surface area contributed by atoms with Gasteiger partial charge in [-0.25, -0.2) is 19.3 Å². The van der Waals surface area contributed by atoms with Crippen molar-refractivity contribution in [2.75, 3.05) is 24.5 Å². The van der Waals surface area contributed by atoms with Gasteiger partial charge in [-0.2, -0.15) is 0 Å². The molecule has 2 saturated heterocycles. The lowest BCUT2D eigenvalue weighted by molar-refractivity contribution is 0.145. The maximum absolute atomic E-state index is 13.8. The third kappa shape index (κ3) is 5.65. The number of halogens is 1. The molecule has 3 aromatic heterocycles. The number of nitrogens with zero attached hydrogens (tertiary/aromatic N) is 5. The number of imidazole rings is 1. The van der Waals surface area contributed by atoms with Crippen LogP contribution in [0.2, 0.25) is 0 Å². The van der Waals surface area contributed by atoms with Gasteiger partial charge in [-0.15, -0.1) is 0 Å². The maximum Gasteiger partial charge on any atom is 0.130 e. The largest absolute Gasteiger partial charge is 0.393 e. The Morgan fingerprint density at radius 3 is 2.60 bits per heavy atom. The first kappa shape index (κ1) is 25.9. The van der Waals surface area contributed by atoms with E-state index in [2.05, 4.69) is 19.9 Å². The summed E-state index contributed by atoms with van der Waals surface area (Å²) < 4.78 is 13.8. The highest BCUT2D eigenvalue weighted by atomic mass is 19.1. The van der Waals surface area contributed by atoms with Crippen molar-refractivity contribution in [3.8, 4) is 22.6 Å². The van der Waals surface area contributed by atoms with Gasteiger partial charge in [0.25, 0.3) is 0 Å². The zero-order valence-electron chi connectivity index (χ0n) is 22.2. The number of amidine groups is 1. The fraction of sp³-hybridized carbons (Fsp3) is 0.290. The van der Waals surface area contributed by atoms with E-state index >= 15 is 0 Å². The Kier molecular flexibility index (Phi) is 7.37. The molecule has 1 unspecified atom stereocenters. The van der Waals surface area contributed by atoms with E-state index in [1.807, 2.05) is 47.5 Å². The van der Waals surface area contributed by atoms with Crippen molar-refractivity contribution < 1.29 is 9.50 Å². The van der Waals surface area contributed by atoms with Gasteiger partial charge in [0.2, 0.25) is 0 Å². The van der Waals surface area contributed by atoms with Gasteiger partial charge in [0.05, 0.1) is 35.4 Å². The van der Waals surface area contributed by atoms with Crippen molar-refractivity contribution in [1.82, 2.24) is 24.8 Å². The van der Waals surface area contributed by atoms with Crippen LogP contribution in [0.25, 0.3) is 28.7 Å². The number of aromatic nitrogens is 4. The van der Waals surface area contributed by atoms with Crippen LogP contribution in [0.5, 0.6) is 0 Å². The van der Waals surface area contributed by atoms with Crippen LogP contribution in [0.3, 0.4) is 0 Å². The van der Waals surface area contributed by atoms with E-state index in [9.17, 15) is 9.50 Å². The molecule has 0 radical (unpaired) electrons. The second kappa shape index (κ2) is 11.4. The molecule has 0 spiro atoms. The summed E-state index contributed by atoms with van der Waals surface area (Å²) in [6, 6.07) is 16.6. The Balaban J connectivity index is 1.13. The number of anilines is 1.